The van der Waals surface area contributed by atoms with Crippen molar-refractivity contribution in [2.45, 2.75) is 26.8 Å². The van der Waals surface area contributed by atoms with Crippen molar-refractivity contribution in [3.63, 3.8) is 0 Å². The minimum Gasteiger partial charge on any atom is -0.507 e. The van der Waals surface area contributed by atoms with Crippen LogP contribution in [-0.2, 0) is 0 Å². The van der Waals surface area contributed by atoms with Gasteiger partial charge in [-0.2, -0.15) is 4.98 Å². The van der Waals surface area contributed by atoms with E-state index >= 15 is 0 Å². The molecule has 0 fully saturated rings. The molecule has 2 rings (SSSR count). The van der Waals surface area contributed by atoms with E-state index in [-0.39, 0.29) is 6.04 Å². The lowest BCUT2D eigenvalue weighted by atomic mass is 10.1. The summed E-state index contributed by atoms with van der Waals surface area (Å²) < 4.78 is 5.04. The molecule has 5 heteroatoms. The number of hydrogen-bond donors (Lipinski definition) is 2. The molecule has 0 amide bonds. The van der Waals surface area contributed by atoms with Crippen LogP contribution in [0.1, 0.15) is 30.0 Å². The summed E-state index contributed by atoms with van der Waals surface area (Å²) in [6.07, 6.45) is 0. The Morgan fingerprint density at radius 1 is 1.29 bits per heavy atom. The summed E-state index contributed by atoms with van der Waals surface area (Å²) in [7, 11) is 0. The van der Waals surface area contributed by atoms with Gasteiger partial charge < -0.3 is 15.4 Å². The molecule has 0 saturated carbocycles. The first-order chi connectivity index (χ1) is 7.99. The van der Waals surface area contributed by atoms with Crippen molar-refractivity contribution >= 4 is 0 Å². The predicted octanol–water partition coefficient (Wildman–Crippen LogP) is 2.08. The third-order valence-electron chi connectivity index (χ3n) is 2.58. The number of nitrogens with zero attached hydrogens (tertiary/aromatic N) is 2. The maximum atomic E-state index is 9.69. The van der Waals surface area contributed by atoms with Gasteiger partial charge in [0.15, 0.2) is 0 Å². The highest BCUT2D eigenvalue weighted by atomic mass is 16.5. The molecule has 0 aliphatic heterocycles. The lowest BCUT2D eigenvalue weighted by Gasteiger charge is -2.04. The Balaban J connectivity index is 2.46. The van der Waals surface area contributed by atoms with Crippen molar-refractivity contribution < 1.29 is 9.63 Å². The Labute approximate surface area is 99.3 Å². The quantitative estimate of drug-likeness (QED) is 0.829. The van der Waals surface area contributed by atoms with Crippen LogP contribution in [0.4, 0.5) is 0 Å². The fourth-order valence-corrected chi connectivity index (χ4v) is 1.62. The van der Waals surface area contributed by atoms with Gasteiger partial charge in [-0.05, 0) is 44.0 Å². The van der Waals surface area contributed by atoms with Crippen LogP contribution in [0, 0.1) is 13.8 Å². The van der Waals surface area contributed by atoms with Gasteiger partial charge in [0.1, 0.15) is 5.75 Å². The molecule has 2 aromatic rings. The summed E-state index contributed by atoms with van der Waals surface area (Å²) in [6.45, 7) is 5.45. The molecule has 1 heterocycles. The minimum absolute atomic E-state index is 0.282. The minimum atomic E-state index is -0.282. The van der Waals surface area contributed by atoms with E-state index in [0.717, 1.165) is 16.7 Å². The Morgan fingerprint density at radius 3 is 2.35 bits per heavy atom. The Hall–Kier alpha value is -1.88. The first-order valence-corrected chi connectivity index (χ1v) is 5.39. The first kappa shape index (κ1) is 11.6. The zero-order valence-electron chi connectivity index (χ0n) is 10.1. The smallest absolute Gasteiger partial charge is 0.243 e. The molecule has 5 nitrogen and oxygen atoms in total. The van der Waals surface area contributed by atoms with Gasteiger partial charge in [-0.3, -0.25) is 0 Å². The monoisotopic (exact) mass is 233 g/mol. The fourth-order valence-electron chi connectivity index (χ4n) is 1.62. The molecular formula is C12H15N3O2. The molecule has 0 bridgehead atoms. The second kappa shape index (κ2) is 4.18. The predicted molar refractivity (Wildman–Crippen MR) is 63.5 cm³/mol. The van der Waals surface area contributed by atoms with Crippen LogP contribution in [-0.4, -0.2) is 15.2 Å². The maximum Gasteiger partial charge on any atom is 0.243 e. The van der Waals surface area contributed by atoms with Crippen molar-refractivity contribution in [2.24, 2.45) is 5.73 Å². The average Bonchev–Trinajstić information content (AvgIpc) is 2.74. The van der Waals surface area contributed by atoms with Gasteiger partial charge in [-0.25, -0.2) is 0 Å². The van der Waals surface area contributed by atoms with Crippen LogP contribution in [0.15, 0.2) is 16.7 Å². The maximum absolute atomic E-state index is 9.69. The number of phenolic OH excluding ortho intramolecular Hbond substituents is 1. The summed E-state index contributed by atoms with van der Waals surface area (Å²) in [5.74, 6) is 1.19. The van der Waals surface area contributed by atoms with Gasteiger partial charge in [0.2, 0.25) is 11.7 Å². The zero-order valence-corrected chi connectivity index (χ0v) is 10.1. The van der Waals surface area contributed by atoms with Crippen LogP contribution in [0.25, 0.3) is 11.4 Å². The number of hydrogen-bond acceptors (Lipinski definition) is 5. The SMILES string of the molecule is Cc1cc(-c2noc(C(C)N)n2)cc(C)c1O. The molecule has 1 aromatic heterocycles. The summed E-state index contributed by atoms with van der Waals surface area (Å²) in [6, 6.07) is 3.35. The fraction of sp³-hybridized carbons (Fsp3) is 0.333. The number of rotatable bonds is 2. The first-order valence-electron chi connectivity index (χ1n) is 5.39. The van der Waals surface area contributed by atoms with Crippen LogP contribution in [0.5, 0.6) is 5.75 Å². The van der Waals surface area contributed by atoms with Gasteiger partial charge in [0.05, 0.1) is 6.04 Å². The second-order valence-electron chi connectivity index (χ2n) is 4.20. The average molecular weight is 233 g/mol. The molecule has 0 aliphatic carbocycles. The largest absolute Gasteiger partial charge is 0.507 e. The molecule has 3 N–H and O–H groups in total. The van der Waals surface area contributed by atoms with E-state index in [1.54, 1.807) is 6.92 Å². The Bertz CT molecular complexity index is 523. The van der Waals surface area contributed by atoms with E-state index in [2.05, 4.69) is 10.1 Å². The van der Waals surface area contributed by atoms with Crippen LogP contribution < -0.4 is 5.73 Å². The summed E-state index contributed by atoms with van der Waals surface area (Å²) >= 11 is 0. The molecule has 1 unspecified atom stereocenters. The van der Waals surface area contributed by atoms with Crippen LogP contribution in [0.3, 0.4) is 0 Å². The van der Waals surface area contributed by atoms with Gasteiger partial charge >= 0.3 is 0 Å². The zero-order chi connectivity index (χ0) is 12.6. The Kier molecular flexibility index (Phi) is 2.85. The third kappa shape index (κ3) is 2.14. The van der Waals surface area contributed by atoms with E-state index < -0.39 is 0 Å². The molecule has 1 atom stereocenters. The third-order valence-corrected chi connectivity index (χ3v) is 2.58. The topological polar surface area (TPSA) is 85.2 Å². The van der Waals surface area contributed by atoms with E-state index in [1.165, 1.54) is 0 Å². The molecule has 0 radical (unpaired) electrons. The summed E-state index contributed by atoms with van der Waals surface area (Å²) in [5.41, 5.74) is 8.03. The molecule has 0 aliphatic rings. The summed E-state index contributed by atoms with van der Waals surface area (Å²) in [4.78, 5) is 4.21. The number of aromatic nitrogens is 2. The van der Waals surface area contributed by atoms with Gasteiger partial charge in [0.25, 0.3) is 0 Å². The van der Waals surface area contributed by atoms with Gasteiger partial charge in [-0.1, -0.05) is 5.16 Å². The van der Waals surface area contributed by atoms with E-state index in [4.69, 9.17) is 10.3 Å². The standard InChI is InChI=1S/C12H15N3O2/c1-6-4-9(5-7(2)10(6)16)11-14-12(8(3)13)17-15-11/h4-5,8,16H,13H2,1-3H3. The molecular weight excluding hydrogens is 218 g/mol. The molecule has 17 heavy (non-hydrogen) atoms. The van der Waals surface area contributed by atoms with Gasteiger partial charge in [0, 0.05) is 5.56 Å². The number of benzene rings is 1. The highest BCUT2D eigenvalue weighted by Gasteiger charge is 2.13. The van der Waals surface area contributed by atoms with Crippen molar-refractivity contribution in [3.05, 3.63) is 29.2 Å². The number of nitrogens with two attached hydrogens (primary N) is 1. The highest BCUT2D eigenvalue weighted by molar-refractivity contribution is 5.60. The number of phenols is 1. The van der Waals surface area contributed by atoms with Crippen molar-refractivity contribution in [2.75, 3.05) is 0 Å². The van der Waals surface area contributed by atoms with Crippen LogP contribution >= 0.6 is 0 Å². The molecule has 0 spiro atoms. The van der Waals surface area contributed by atoms with E-state index in [0.29, 0.717) is 17.5 Å². The highest BCUT2D eigenvalue weighted by Crippen LogP contribution is 2.27. The normalized spacial score (nSPS) is 12.7. The van der Waals surface area contributed by atoms with Crippen molar-refractivity contribution in [1.82, 2.24) is 10.1 Å². The van der Waals surface area contributed by atoms with E-state index in [1.807, 2.05) is 26.0 Å². The Morgan fingerprint density at radius 2 is 1.88 bits per heavy atom. The number of aryl methyl sites for hydroxylation is 2. The summed E-state index contributed by atoms with van der Waals surface area (Å²) in [5, 5.41) is 13.6. The number of aromatic hydroxyl groups is 1. The lowest BCUT2D eigenvalue weighted by molar-refractivity contribution is 0.362. The molecule has 0 saturated heterocycles. The lowest BCUT2D eigenvalue weighted by Crippen LogP contribution is -2.04. The van der Waals surface area contributed by atoms with Crippen molar-refractivity contribution in [3.8, 4) is 17.1 Å². The second-order valence-corrected chi connectivity index (χ2v) is 4.20. The van der Waals surface area contributed by atoms with Crippen molar-refractivity contribution in [1.29, 1.82) is 0 Å². The van der Waals surface area contributed by atoms with E-state index in [9.17, 15) is 5.11 Å². The molecule has 90 valence electrons. The molecule has 1 aromatic carbocycles. The van der Waals surface area contributed by atoms with Gasteiger partial charge in [-0.15, -0.1) is 0 Å². The van der Waals surface area contributed by atoms with Crippen LogP contribution in [0.2, 0.25) is 0 Å².